The number of nitrogens with zero attached hydrogens (tertiary/aromatic N) is 6. The molecule has 69 heavy (non-hydrogen) atoms. The van der Waals surface area contributed by atoms with Crippen LogP contribution >= 0.6 is 0 Å². The van der Waals surface area contributed by atoms with Crippen LogP contribution in [0.5, 0.6) is 0 Å². The van der Waals surface area contributed by atoms with Gasteiger partial charge in [-0.15, -0.1) is 0 Å². The van der Waals surface area contributed by atoms with Crippen molar-refractivity contribution < 1.29 is 4.42 Å². The summed E-state index contributed by atoms with van der Waals surface area (Å²) >= 11 is 0. The smallest absolute Gasteiger partial charge is 0.160 e. The first-order valence-corrected chi connectivity index (χ1v) is 23.1. The fraction of sp³-hybridized carbons (Fsp3) is 0. The van der Waals surface area contributed by atoms with E-state index in [4.69, 9.17) is 4.42 Å². The Morgan fingerprint density at radius 3 is 0.913 bits per heavy atom. The number of hydrogen-bond acceptors (Lipinski definition) is 3. The lowest BCUT2D eigenvalue weighted by Crippen LogP contribution is -2.16. The summed E-state index contributed by atoms with van der Waals surface area (Å²) in [7, 11) is 0. The largest absolute Gasteiger partial charge is 0.454 e. The van der Waals surface area contributed by atoms with Crippen molar-refractivity contribution in [1.29, 1.82) is 10.5 Å². The number of fused-ring (bicyclic) bond motifs is 16. The molecular weight excluding hydrogens is 845 g/mol. The lowest BCUT2D eigenvalue weighted by atomic mass is 9.98. The highest BCUT2D eigenvalue weighted by Crippen LogP contribution is 2.50. The van der Waals surface area contributed by atoms with Crippen LogP contribution in [0.2, 0.25) is 0 Å². The number of benzene rings is 10. The van der Waals surface area contributed by atoms with E-state index in [0.29, 0.717) is 39.5 Å². The van der Waals surface area contributed by atoms with Gasteiger partial charge in [0.2, 0.25) is 0 Å². The third-order valence-corrected chi connectivity index (χ3v) is 14.4. The summed E-state index contributed by atoms with van der Waals surface area (Å²) in [6, 6.07) is 76.9. The second kappa shape index (κ2) is 13.9. The van der Waals surface area contributed by atoms with Crippen molar-refractivity contribution in [3.05, 3.63) is 217 Å². The van der Waals surface area contributed by atoms with Gasteiger partial charge in [0.15, 0.2) is 5.58 Å². The normalized spacial score (nSPS) is 12.0. The molecule has 0 aliphatic heterocycles. The zero-order valence-electron chi connectivity index (χ0n) is 36.7. The number of nitriles is 2. The lowest BCUT2D eigenvalue weighted by Gasteiger charge is -2.27. The molecule has 0 saturated heterocycles. The van der Waals surface area contributed by atoms with Gasteiger partial charge < -0.3 is 22.7 Å². The molecule has 318 valence electrons. The molecule has 0 spiro atoms. The van der Waals surface area contributed by atoms with E-state index in [2.05, 4.69) is 176 Å². The van der Waals surface area contributed by atoms with Gasteiger partial charge in [0.25, 0.3) is 0 Å². The maximum absolute atomic E-state index is 12.6. The summed E-state index contributed by atoms with van der Waals surface area (Å²) in [6.45, 7) is 0. The van der Waals surface area contributed by atoms with E-state index in [-0.39, 0.29) is 0 Å². The SMILES string of the molecule is N#Cc1c(-n2c3ccccc3c3ccccc32)c(-n2c3ccccc3c3ccccc32)c(C#N)c(-n2c3ccccc3c3ccc4c5ccccc5oc4c32)c1-n1c2ccccc2c2ccccc21. The van der Waals surface area contributed by atoms with Gasteiger partial charge in [-0.25, -0.2) is 0 Å². The van der Waals surface area contributed by atoms with E-state index < -0.39 is 0 Å². The highest BCUT2D eigenvalue weighted by molar-refractivity contribution is 6.22. The van der Waals surface area contributed by atoms with Crippen LogP contribution < -0.4 is 0 Å². The first-order chi connectivity index (χ1) is 34.2. The number of hydrogen-bond donors (Lipinski definition) is 0. The fourth-order valence-electron chi connectivity index (χ4n) is 11.7. The van der Waals surface area contributed by atoms with Crippen LogP contribution in [0.15, 0.2) is 211 Å². The molecule has 0 aliphatic rings. The molecule has 0 saturated carbocycles. The molecule has 0 amide bonds. The molecule has 7 heteroatoms. The minimum absolute atomic E-state index is 0.394. The topological polar surface area (TPSA) is 80.4 Å². The average molecular weight is 879 g/mol. The Bertz CT molecular complexity index is 4660. The molecule has 0 atom stereocenters. The van der Waals surface area contributed by atoms with Crippen molar-refractivity contribution in [2.75, 3.05) is 0 Å². The molecule has 0 unspecified atom stereocenters. The van der Waals surface area contributed by atoms with Crippen LogP contribution in [0, 0.1) is 22.7 Å². The van der Waals surface area contributed by atoms with Crippen molar-refractivity contribution in [3.8, 4) is 34.9 Å². The molecule has 15 aromatic rings. The standard InChI is InChI=1S/C62H34N6O/c63-35-47-57(65-49-25-9-1-17-37(49)38-18-2-10-26-50(38)65)58(66-51-27-11-3-19-39(51)40-20-4-12-28-52(40)66)48(36-64)60(59(47)67-53-29-13-5-21-41(53)42-22-6-14-30-54(42)67)68-55-31-15-7-23-43(55)45-33-34-46-44-24-8-16-32-56(44)69-62(46)61(45)68/h1-34H. The van der Waals surface area contributed by atoms with Crippen molar-refractivity contribution in [2.24, 2.45) is 0 Å². The Hall–Kier alpha value is -9.82. The Balaban J connectivity index is 1.29. The van der Waals surface area contributed by atoms with E-state index in [0.717, 1.165) is 104 Å². The quantitative estimate of drug-likeness (QED) is 0.177. The van der Waals surface area contributed by atoms with Crippen molar-refractivity contribution in [3.63, 3.8) is 0 Å². The maximum atomic E-state index is 12.6. The van der Waals surface area contributed by atoms with E-state index in [1.165, 1.54) is 0 Å². The molecular formula is C62H34N6O. The van der Waals surface area contributed by atoms with E-state index >= 15 is 0 Å². The Morgan fingerprint density at radius 2 is 0.551 bits per heavy atom. The highest BCUT2D eigenvalue weighted by Gasteiger charge is 2.35. The number of furan rings is 1. The highest BCUT2D eigenvalue weighted by atomic mass is 16.3. The first kappa shape index (κ1) is 37.4. The predicted molar refractivity (Wildman–Crippen MR) is 281 cm³/mol. The number of rotatable bonds is 4. The molecule has 7 nitrogen and oxygen atoms in total. The summed E-state index contributed by atoms with van der Waals surface area (Å²) in [5, 5.41) is 35.3. The Morgan fingerprint density at radius 1 is 0.275 bits per heavy atom. The Kier molecular flexibility index (Phi) is 7.51. The van der Waals surface area contributed by atoms with Crippen LogP contribution in [-0.4, -0.2) is 18.3 Å². The molecule has 0 fully saturated rings. The number of aromatic nitrogens is 4. The van der Waals surface area contributed by atoms with Crippen LogP contribution in [0.1, 0.15) is 11.1 Å². The van der Waals surface area contributed by atoms with Crippen LogP contribution in [0.25, 0.3) is 132 Å². The Labute approximate surface area is 392 Å². The molecule has 0 bridgehead atoms. The second-order valence-corrected chi connectivity index (χ2v) is 17.8. The zero-order valence-corrected chi connectivity index (χ0v) is 36.7. The van der Waals surface area contributed by atoms with Gasteiger partial charge in [-0.1, -0.05) is 152 Å². The molecule has 15 rings (SSSR count). The molecule has 0 aliphatic carbocycles. The van der Waals surface area contributed by atoms with Crippen LogP contribution in [0.3, 0.4) is 0 Å². The van der Waals surface area contributed by atoms with Gasteiger partial charge in [0, 0.05) is 53.9 Å². The van der Waals surface area contributed by atoms with E-state index in [9.17, 15) is 10.5 Å². The van der Waals surface area contributed by atoms with E-state index in [1.54, 1.807) is 0 Å². The molecule has 0 radical (unpaired) electrons. The molecule has 0 N–H and O–H groups in total. The van der Waals surface area contributed by atoms with Gasteiger partial charge in [-0.3, -0.25) is 0 Å². The minimum atomic E-state index is 0.394. The summed E-state index contributed by atoms with van der Waals surface area (Å²) in [5.74, 6) is 0. The van der Waals surface area contributed by atoms with E-state index in [1.807, 2.05) is 60.7 Å². The van der Waals surface area contributed by atoms with Crippen LogP contribution in [0.4, 0.5) is 0 Å². The van der Waals surface area contributed by atoms with Gasteiger partial charge in [0.05, 0.1) is 66.9 Å². The van der Waals surface area contributed by atoms with Crippen molar-refractivity contribution >= 4 is 109 Å². The fourth-order valence-corrected chi connectivity index (χ4v) is 11.7. The van der Waals surface area contributed by atoms with Crippen LogP contribution in [-0.2, 0) is 0 Å². The maximum Gasteiger partial charge on any atom is 0.160 e. The second-order valence-electron chi connectivity index (χ2n) is 17.8. The van der Waals surface area contributed by atoms with Gasteiger partial charge in [-0.2, -0.15) is 10.5 Å². The minimum Gasteiger partial charge on any atom is -0.454 e. The summed E-state index contributed by atoms with van der Waals surface area (Å²) in [5.41, 5.74) is 11.8. The van der Waals surface area contributed by atoms with Gasteiger partial charge >= 0.3 is 0 Å². The third-order valence-electron chi connectivity index (χ3n) is 14.4. The predicted octanol–water partition coefficient (Wildman–Crippen LogP) is 15.7. The monoisotopic (exact) mass is 878 g/mol. The van der Waals surface area contributed by atoms with Crippen molar-refractivity contribution in [2.45, 2.75) is 0 Å². The van der Waals surface area contributed by atoms with Gasteiger partial charge in [0.1, 0.15) is 28.8 Å². The summed E-state index contributed by atoms with van der Waals surface area (Å²) in [4.78, 5) is 0. The first-order valence-electron chi connectivity index (χ1n) is 23.1. The third kappa shape index (κ3) is 4.82. The summed E-state index contributed by atoms with van der Waals surface area (Å²) in [6.07, 6.45) is 0. The number of para-hydroxylation sites is 8. The lowest BCUT2D eigenvalue weighted by molar-refractivity contribution is 0.671. The molecule has 10 aromatic carbocycles. The van der Waals surface area contributed by atoms with Gasteiger partial charge in [-0.05, 0) is 54.6 Å². The average Bonchev–Trinajstić information content (AvgIpc) is 4.21. The van der Waals surface area contributed by atoms with Crippen molar-refractivity contribution in [1.82, 2.24) is 18.3 Å². The zero-order chi connectivity index (χ0) is 45.5. The molecule has 5 aromatic heterocycles. The summed E-state index contributed by atoms with van der Waals surface area (Å²) < 4.78 is 15.9. The molecule has 5 heterocycles.